The molecule has 0 amide bonds. The van der Waals surface area contributed by atoms with Gasteiger partial charge in [-0.1, -0.05) is 57.9 Å². The van der Waals surface area contributed by atoms with Gasteiger partial charge in [-0.25, -0.2) is 0 Å². The molecule has 0 heterocycles. The molecule has 1 unspecified atom stereocenters. The highest BCUT2D eigenvalue weighted by atomic mass is 32.2. The normalized spacial score (nSPS) is 35.8. The number of rotatable bonds is 14. The van der Waals surface area contributed by atoms with E-state index in [1.165, 1.54) is 5.57 Å². The van der Waals surface area contributed by atoms with Gasteiger partial charge in [0.15, 0.2) is 5.78 Å². The fourth-order valence-electron chi connectivity index (χ4n) is 9.22. The predicted molar refractivity (Wildman–Crippen MR) is 157 cm³/mol. The molecule has 0 saturated heterocycles. The quantitative estimate of drug-likeness (QED) is 0.155. The Morgan fingerprint density at radius 2 is 1.52 bits per heavy atom. The number of halogens is 5. The van der Waals surface area contributed by atoms with Gasteiger partial charge >= 0.3 is 12.1 Å². The zero-order valence-corrected chi connectivity index (χ0v) is 26.3. The molecule has 8 atom stereocenters. The number of carbonyl (C=O) groups excluding carboxylic acids is 1. The summed E-state index contributed by atoms with van der Waals surface area (Å²) in [7, 11) is -1.36. The van der Waals surface area contributed by atoms with Crippen LogP contribution >= 0.6 is 0 Å². The molecule has 0 aliphatic heterocycles. The number of hydrogen-bond donors (Lipinski definition) is 1. The first-order chi connectivity index (χ1) is 19.7. The molecule has 42 heavy (non-hydrogen) atoms. The maximum atomic E-state index is 13.0. The Balaban J connectivity index is 1.17. The van der Waals surface area contributed by atoms with Crippen molar-refractivity contribution < 1.29 is 36.1 Å². The molecule has 4 aliphatic carbocycles. The third kappa shape index (κ3) is 7.34. The van der Waals surface area contributed by atoms with Crippen molar-refractivity contribution in [3.05, 3.63) is 11.6 Å². The minimum absolute atomic E-state index is 0.0271. The van der Waals surface area contributed by atoms with Gasteiger partial charge in [0.1, 0.15) is 0 Å². The van der Waals surface area contributed by atoms with E-state index in [-0.39, 0.29) is 28.5 Å². The summed E-state index contributed by atoms with van der Waals surface area (Å²) in [5.74, 6) is -1.82. The lowest BCUT2D eigenvalue weighted by Crippen LogP contribution is -2.54. The van der Waals surface area contributed by atoms with Crippen LogP contribution in [0.3, 0.4) is 0 Å². The molecule has 3 fully saturated rings. The molecule has 0 aromatic heterocycles. The van der Waals surface area contributed by atoms with Crippen molar-refractivity contribution in [2.75, 3.05) is 11.5 Å². The van der Waals surface area contributed by atoms with Gasteiger partial charge in [-0.15, -0.1) is 0 Å². The van der Waals surface area contributed by atoms with E-state index in [2.05, 4.69) is 13.8 Å². The van der Waals surface area contributed by atoms with Crippen molar-refractivity contribution >= 4 is 16.6 Å². The molecule has 3 saturated carbocycles. The van der Waals surface area contributed by atoms with Crippen LogP contribution in [-0.2, 0) is 15.6 Å². The van der Waals surface area contributed by atoms with E-state index in [0.29, 0.717) is 42.3 Å². The van der Waals surface area contributed by atoms with Crippen molar-refractivity contribution in [1.82, 2.24) is 0 Å². The predicted octanol–water partition coefficient (Wildman–Crippen LogP) is 8.95. The Labute approximate surface area is 251 Å². The Morgan fingerprint density at radius 1 is 0.881 bits per heavy atom. The number of ketones is 1. The second-order valence-corrected chi connectivity index (χ2v) is 16.1. The summed E-state index contributed by atoms with van der Waals surface area (Å²) in [6.07, 6.45) is 9.73. The average molecular weight is 623 g/mol. The highest BCUT2D eigenvalue weighted by Gasteiger charge is 2.61. The standard InChI is InChI=1S/C33H51F5O3S/c1-30-17-14-25(39)22-24(30)21-23(29-26-12-13-28(40)31(26,2)18-15-27(29)30)11-8-6-4-3-5-7-9-19-42(41)20-10-16-32(34,35)33(36,37)38/h22-23,26-29,40H,3-21H2,1-2H3/t23-,26+,27+,28+,29+,30+,31+,42?/m1/s1. The van der Waals surface area contributed by atoms with Crippen LogP contribution in [0.2, 0.25) is 0 Å². The highest BCUT2D eigenvalue weighted by Crippen LogP contribution is 2.67. The number of aliphatic hydroxyl groups excluding tert-OH is 1. The fraction of sp³-hybridized carbons (Fsp3) is 0.909. The van der Waals surface area contributed by atoms with Gasteiger partial charge in [-0.05, 0) is 98.4 Å². The van der Waals surface area contributed by atoms with Crippen LogP contribution < -0.4 is 0 Å². The van der Waals surface area contributed by atoms with Crippen LogP contribution in [0.1, 0.15) is 123 Å². The second-order valence-electron chi connectivity index (χ2n) is 14.4. The molecule has 0 aromatic carbocycles. The van der Waals surface area contributed by atoms with Crippen molar-refractivity contribution in [2.24, 2.45) is 34.5 Å². The SMILES string of the molecule is C[C@]12CC[C@H]3[C@@H]([C@H](CCCCCCCCCS(=O)CCCC(F)(F)C(F)(F)F)CC4=CC(=O)CC[C@@]43C)[C@@H]1CC[C@@H]2O. The van der Waals surface area contributed by atoms with Gasteiger partial charge in [0.2, 0.25) is 0 Å². The van der Waals surface area contributed by atoms with Crippen LogP contribution in [0, 0.1) is 34.5 Å². The van der Waals surface area contributed by atoms with Gasteiger partial charge in [0, 0.05) is 35.1 Å². The molecule has 0 bridgehead atoms. The van der Waals surface area contributed by atoms with Crippen molar-refractivity contribution in [2.45, 2.75) is 141 Å². The topological polar surface area (TPSA) is 54.4 Å². The minimum Gasteiger partial charge on any atom is -0.393 e. The molecule has 0 spiro atoms. The molecule has 3 nitrogen and oxygen atoms in total. The zero-order valence-electron chi connectivity index (χ0n) is 25.5. The van der Waals surface area contributed by atoms with E-state index in [4.69, 9.17) is 0 Å². The Hall–Kier alpha value is -0.830. The molecule has 9 heteroatoms. The zero-order chi connectivity index (χ0) is 30.8. The lowest BCUT2D eigenvalue weighted by molar-refractivity contribution is -0.284. The van der Waals surface area contributed by atoms with Crippen LogP contribution in [0.4, 0.5) is 22.0 Å². The number of allylic oxidation sites excluding steroid dienone is 1. The molecule has 0 radical (unpaired) electrons. The number of hydrogen-bond acceptors (Lipinski definition) is 3. The van der Waals surface area contributed by atoms with Gasteiger partial charge in [0.05, 0.1) is 6.10 Å². The van der Waals surface area contributed by atoms with Crippen LogP contribution in [-0.4, -0.2) is 44.8 Å². The number of aliphatic hydroxyl groups is 1. The first kappa shape index (κ1) is 34.1. The number of unbranched alkanes of at least 4 members (excludes halogenated alkanes) is 6. The lowest BCUT2D eigenvalue weighted by Gasteiger charge is -2.60. The van der Waals surface area contributed by atoms with Crippen molar-refractivity contribution in [3.63, 3.8) is 0 Å². The summed E-state index contributed by atoms with van der Waals surface area (Å²) in [6.45, 7) is 4.73. The second kappa shape index (κ2) is 13.7. The monoisotopic (exact) mass is 622 g/mol. The van der Waals surface area contributed by atoms with Crippen LogP contribution in [0.25, 0.3) is 0 Å². The summed E-state index contributed by atoms with van der Waals surface area (Å²) < 4.78 is 74.6. The molecule has 242 valence electrons. The van der Waals surface area contributed by atoms with Gasteiger partial charge in [-0.3, -0.25) is 9.00 Å². The first-order valence-electron chi connectivity index (χ1n) is 16.4. The number of fused-ring (bicyclic) bond motifs is 5. The maximum absolute atomic E-state index is 13.0. The fourth-order valence-corrected chi connectivity index (χ4v) is 10.4. The Morgan fingerprint density at radius 3 is 2.21 bits per heavy atom. The molecular weight excluding hydrogens is 571 g/mol. The summed E-state index contributed by atoms with van der Waals surface area (Å²) >= 11 is 0. The van der Waals surface area contributed by atoms with Gasteiger partial charge < -0.3 is 5.11 Å². The Bertz CT molecular complexity index is 997. The van der Waals surface area contributed by atoms with Crippen LogP contribution in [0.5, 0.6) is 0 Å². The average Bonchev–Trinajstić information content (AvgIpc) is 3.21. The third-order valence-electron chi connectivity index (χ3n) is 11.8. The van der Waals surface area contributed by atoms with E-state index in [0.717, 1.165) is 83.5 Å². The lowest BCUT2D eigenvalue weighted by atomic mass is 9.44. The number of carbonyl (C=O) groups is 1. The highest BCUT2D eigenvalue weighted by molar-refractivity contribution is 7.84. The van der Waals surface area contributed by atoms with Gasteiger partial charge in [-0.2, -0.15) is 22.0 Å². The largest absolute Gasteiger partial charge is 0.453 e. The molecule has 4 aliphatic rings. The number of alkyl halides is 5. The van der Waals surface area contributed by atoms with Gasteiger partial charge in [0.25, 0.3) is 0 Å². The Kier molecular flexibility index (Phi) is 11.1. The summed E-state index contributed by atoms with van der Waals surface area (Å²) in [5, 5.41) is 10.9. The molecular formula is C33H51F5O3S. The molecule has 1 N–H and O–H groups in total. The van der Waals surface area contributed by atoms with E-state index in [1.54, 1.807) is 0 Å². The van der Waals surface area contributed by atoms with Crippen molar-refractivity contribution in [1.29, 1.82) is 0 Å². The molecule has 4 rings (SSSR count). The minimum atomic E-state index is -5.54. The first-order valence-corrected chi connectivity index (χ1v) is 17.9. The smallest absolute Gasteiger partial charge is 0.393 e. The third-order valence-corrected chi connectivity index (χ3v) is 13.3. The van der Waals surface area contributed by atoms with E-state index in [9.17, 15) is 36.1 Å². The van der Waals surface area contributed by atoms with E-state index < -0.39 is 35.7 Å². The summed E-state index contributed by atoms with van der Waals surface area (Å²) in [4.78, 5) is 12.4. The maximum Gasteiger partial charge on any atom is 0.453 e. The van der Waals surface area contributed by atoms with E-state index >= 15 is 0 Å². The van der Waals surface area contributed by atoms with E-state index in [1.807, 2.05) is 6.08 Å². The summed E-state index contributed by atoms with van der Waals surface area (Å²) in [5.41, 5.74) is 1.54. The molecule has 0 aromatic rings. The van der Waals surface area contributed by atoms with Crippen molar-refractivity contribution in [3.8, 4) is 0 Å². The summed E-state index contributed by atoms with van der Waals surface area (Å²) in [6, 6.07) is 0. The van der Waals surface area contributed by atoms with Crippen LogP contribution in [0.15, 0.2) is 11.6 Å².